The van der Waals surface area contributed by atoms with Crippen molar-refractivity contribution in [3.8, 4) is 0 Å². The van der Waals surface area contributed by atoms with Gasteiger partial charge in [0.1, 0.15) is 5.82 Å². The molecule has 2 heterocycles. The van der Waals surface area contributed by atoms with Crippen molar-refractivity contribution in [1.29, 1.82) is 0 Å². The maximum atomic E-state index is 13.1. The van der Waals surface area contributed by atoms with Crippen LogP contribution in [0.3, 0.4) is 0 Å². The van der Waals surface area contributed by atoms with E-state index in [4.69, 9.17) is 5.21 Å². The number of halogens is 2. The minimum Gasteiger partial charge on any atom is -0.339 e. The van der Waals surface area contributed by atoms with E-state index in [9.17, 15) is 14.0 Å². The van der Waals surface area contributed by atoms with Gasteiger partial charge < -0.3 is 4.90 Å². The maximum Gasteiger partial charge on any atom is 0.267 e. The van der Waals surface area contributed by atoms with Crippen molar-refractivity contribution in [3.05, 3.63) is 77.4 Å². The molecule has 30 heavy (non-hydrogen) atoms. The Bertz CT molecular complexity index is 931. The zero-order chi connectivity index (χ0) is 20.6. The van der Waals surface area contributed by atoms with Crippen molar-refractivity contribution in [2.75, 3.05) is 13.1 Å². The lowest BCUT2D eigenvalue weighted by atomic mass is 9.90. The molecule has 0 aliphatic carbocycles. The van der Waals surface area contributed by atoms with E-state index in [1.54, 1.807) is 41.3 Å². The number of likely N-dealkylation sites (tertiary alicyclic amines) is 1. The monoisotopic (exact) mass is 431 g/mol. The van der Waals surface area contributed by atoms with Gasteiger partial charge in [-0.15, -0.1) is 12.4 Å². The van der Waals surface area contributed by atoms with Gasteiger partial charge in [0.25, 0.3) is 5.91 Å². The summed E-state index contributed by atoms with van der Waals surface area (Å²) in [4.78, 5) is 29.8. The number of aromatic nitrogens is 1. The fraction of sp³-hybridized carbons (Fsp3) is 0.227. The Kier molecular flexibility index (Phi) is 8.70. The van der Waals surface area contributed by atoms with Gasteiger partial charge in [0.05, 0.1) is 11.4 Å². The molecule has 1 saturated heterocycles. The first-order valence-electron chi connectivity index (χ1n) is 9.37. The number of nitrogens with zero attached hydrogens (tertiary/aromatic N) is 2. The number of benzene rings is 1. The molecular weight excluding hydrogens is 409 g/mol. The van der Waals surface area contributed by atoms with Crippen LogP contribution in [0.2, 0.25) is 0 Å². The van der Waals surface area contributed by atoms with Gasteiger partial charge in [-0.25, -0.2) is 14.9 Å². The van der Waals surface area contributed by atoms with Crippen LogP contribution in [0.1, 0.15) is 35.7 Å². The Labute approximate surface area is 180 Å². The largest absolute Gasteiger partial charge is 0.339 e. The van der Waals surface area contributed by atoms with Crippen molar-refractivity contribution in [2.24, 2.45) is 0 Å². The number of carbonyl (C=O) groups is 2. The Morgan fingerprint density at radius 3 is 2.43 bits per heavy atom. The number of amides is 2. The molecule has 0 bridgehead atoms. The first-order valence-corrected chi connectivity index (χ1v) is 9.37. The molecule has 1 aromatic heterocycles. The highest BCUT2D eigenvalue weighted by Crippen LogP contribution is 2.27. The van der Waals surface area contributed by atoms with Crippen LogP contribution in [0.4, 0.5) is 4.39 Å². The summed E-state index contributed by atoms with van der Waals surface area (Å²) in [5.74, 6) is -0.809. The molecule has 2 N–H and O–H groups in total. The summed E-state index contributed by atoms with van der Waals surface area (Å²) in [6.45, 7) is 1.29. The quantitative estimate of drug-likeness (QED) is 0.430. The van der Waals surface area contributed by atoms with Gasteiger partial charge in [0.15, 0.2) is 0 Å². The first kappa shape index (κ1) is 23.3. The van der Waals surface area contributed by atoms with Crippen molar-refractivity contribution in [3.63, 3.8) is 0 Å². The van der Waals surface area contributed by atoms with Gasteiger partial charge in [-0.1, -0.05) is 18.2 Å². The molecule has 1 unspecified atom stereocenters. The fourth-order valence-corrected chi connectivity index (χ4v) is 3.30. The fourth-order valence-electron chi connectivity index (χ4n) is 3.30. The average Bonchev–Trinajstić information content (AvgIpc) is 2.76. The minimum absolute atomic E-state index is 0. The first-order chi connectivity index (χ1) is 14.0. The smallest absolute Gasteiger partial charge is 0.267 e. The maximum absolute atomic E-state index is 13.1. The molecule has 158 valence electrons. The van der Waals surface area contributed by atoms with Crippen LogP contribution in [-0.4, -0.2) is 40.0 Å². The molecule has 2 amide bonds. The van der Waals surface area contributed by atoms with E-state index in [0.717, 1.165) is 24.5 Å². The molecule has 1 aliphatic heterocycles. The standard InChI is InChI=1S/C22H22FN3O3.ClH/c23-18-8-6-16(7-9-18)17-3-2-14-26(15-17)22(28)13-11-20-5-1-4-19(24-20)10-12-21(27)25-29;/h1,4-13,17,29H,2-3,14-15H2,(H,25,27);1H. The summed E-state index contributed by atoms with van der Waals surface area (Å²) >= 11 is 0. The highest BCUT2D eigenvalue weighted by molar-refractivity contribution is 5.92. The lowest BCUT2D eigenvalue weighted by Gasteiger charge is -2.32. The third kappa shape index (κ3) is 6.50. The topological polar surface area (TPSA) is 82.5 Å². The molecule has 0 spiro atoms. The lowest BCUT2D eigenvalue weighted by Crippen LogP contribution is -2.38. The number of hydrogen-bond acceptors (Lipinski definition) is 4. The van der Waals surface area contributed by atoms with Gasteiger partial charge in [0, 0.05) is 31.2 Å². The third-order valence-corrected chi connectivity index (χ3v) is 4.78. The summed E-state index contributed by atoms with van der Waals surface area (Å²) in [5.41, 5.74) is 3.66. The number of nitrogens with one attached hydrogen (secondary N) is 1. The van der Waals surface area contributed by atoms with E-state index in [1.165, 1.54) is 29.8 Å². The van der Waals surface area contributed by atoms with Crippen LogP contribution in [0, 0.1) is 5.82 Å². The zero-order valence-electron chi connectivity index (χ0n) is 16.2. The summed E-state index contributed by atoms with van der Waals surface area (Å²) in [6.07, 6.45) is 7.60. The summed E-state index contributed by atoms with van der Waals surface area (Å²) in [7, 11) is 0. The molecule has 0 radical (unpaired) electrons. The van der Waals surface area contributed by atoms with E-state index >= 15 is 0 Å². The Balaban J connectivity index is 0.00000320. The normalized spacial score (nSPS) is 16.5. The van der Waals surface area contributed by atoms with Crippen LogP contribution in [0.5, 0.6) is 0 Å². The summed E-state index contributed by atoms with van der Waals surface area (Å²) in [6, 6.07) is 11.7. The summed E-state index contributed by atoms with van der Waals surface area (Å²) < 4.78 is 13.1. The SMILES string of the molecule is Cl.O=C(C=Cc1cccc(C=CC(=O)N2CCCC(c3ccc(F)cc3)C2)n1)NO. The van der Waals surface area contributed by atoms with E-state index in [0.29, 0.717) is 24.5 Å². The molecule has 8 heteroatoms. The number of pyridine rings is 1. The van der Waals surface area contributed by atoms with Crippen LogP contribution >= 0.6 is 12.4 Å². The second-order valence-corrected chi connectivity index (χ2v) is 6.80. The van der Waals surface area contributed by atoms with E-state index in [2.05, 4.69) is 4.98 Å². The van der Waals surface area contributed by atoms with Gasteiger partial charge in [-0.3, -0.25) is 14.8 Å². The Morgan fingerprint density at radius 2 is 1.77 bits per heavy atom. The molecule has 1 fully saturated rings. The van der Waals surface area contributed by atoms with E-state index in [1.807, 2.05) is 0 Å². The van der Waals surface area contributed by atoms with Crippen LogP contribution in [0.15, 0.2) is 54.6 Å². The predicted octanol–water partition coefficient (Wildman–Crippen LogP) is 3.58. The number of hydroxylamine groups is 1. The zero-order valence-corrected chi connectivity index (χ0v) is 17.0. The molecule has 1 atom stereocenters. The molecule has 2 aromatic rings. The van der Waals surface area contributed by atoms with Crippen LogP contribution in [-0.2, 0) is 9.59 Å². The van der Waals surface area contributed by atoms with Crippen LogP contribution in [0.25, 0.3) is 12.2 Å². The molecule has 3 rings (SSSR count). The second-order valence-electron chi connectivity index (χ2n) is 6.80. The van der Waals surface area contributed by atoms with Crippen molar-refractivity contribution in [2.45, 2.75) is 18.8 Å². The number of carbonyl (C=O) groups excluding carboxylic acids is 2. The predicted molar refractivity (Wildman–Crippen MR) is 114 cm³/mol. The van der Waals surface area contributed by atoms with Crippen molar-refractivity contribution >= 4 is 36.4 Å². The molecule has 1 aliphatic rings. The van der Waals surface area contributed by atoms with Crippen molar-refractivity contribution in [1.82, 2.24) is 15.4 Å². The van der Waals surface area contributed by atoms with Gasteiger partial charge in [-0.2, -0.15) is 0 Å². The number of hydrogen-bond donors (Lipinski definition) is 2. The highest BCUT2D eigenvalue weighted by Gasteiger charge is 2.23. The van der Waals surface area contributed by atoms with E-state index in [-0.39, 0.29) is 30.0 Å². The number of rotatable bonds is 5. The van der Waals surface area contributed by atoms with Crippen LogP contribution < -0.4 is 5.48 Å². The summed E-state index contributed by atoms with van der Waals surface area (Å²) in [5, 5.41) is 8.50. The van der Waals surface area contributed by atoms with Gasteiger partial charge >= 0.3 is 0 Å². The molecular formula is C22H23ClFN3O3. The Morgan fingerprint density at radius 1 is 1.10 bits per heavy atom. The second kappa shape index (κ2) is 11.2. The van der Waals surface area contributed by atoms with Gasteiger partial charge in [-0.05, 0) is 54.8 Å². The van der Waals surface area contributed by atoms with Gasteiger partial charge in [0.2, 0.25) is 5.91 Å². The molecule has 0 saturated carbocycles. The molecule has 1 aromatic carbocycles. The molecule has 6 nitrogen and oxygen atoms in total. The van der Waals surface area contributed by atoms with E-state index < -0.39 is 5.91 Å². The lowest BCUT2D eigenvalue weighted by molar-refractivity contribution is -0.127. The minimum atomic E-state index is -0.649. The third-order valence-electron chi connectivity index (χ3n) is 4.78. The van der Waals surface area contributed by atoms with Crippen molar-refractivity contribution < 1.29 is 19.2 Å². The number of piperidine rings is 1. The average molecular weight is 432 g/mol. The highest BCUT2D eigenvalue weighted by atomic mass is 35.5. The Hall–Kier alpha value is -3.03.